The van der Waals surface area contributed by atoms with Crippen molar-refractivity contribution in [3.63, 3.8) is 0 Å². The molecule has 0 spiro atoms. The van der Waals surface area contributed by atoms with E-state index in [1.165, 1.54) is 16.5 Å². The third-order valence-corrected chi connectivity index (χ3v) is 4.37. The summed E-state index contributed by atoms with van der Waals surface area (Å²) in [6.45, 7) is 3.23. The van der Waals surface area contributed by atoms with E-state index in [2.05, 4.69) is 46.8 Å². The minimum absolute atomic E-state index is 0.0811. The summed E-state index contributed by atoms with van der Waals surface area (Å²) in [4.78, 5) is 15.3. The van der Waals surface area contributed by atoms with E-state index in [-0.39, 0.29) is 11.9 Å². The van der Waals surface area contributed by atoms with Crippen molar-refractivity contribution in [3.05, 3.63) is 71.9 Å². The zero-order chi connectivity index (χ0) is 16.8. The molecule has 3 rings (SSSR count). The van der Waals surface area contributed by atoms with E-state index in [0.717, 1.165) is 11.9 Å². The largest absolute Gasteiger partial charge is 0.361 e. The van der Waals surface area contributed by atoms with Gasteiger partial charge in [-0.2, -0.15) is 0 Å². The van der Waals surface area contributed by atoms with Crippen LogP contribution in [0.2, 0.25) is 0 Å². The number of amides is 1. The second kappa shape index (κ2) is 7.79. The number of carbonyl (C=O) groups is 1. The molecule has 0 unspecified atom stereocenters. The van der Waals surface area contributed by atoms with E-state index < -0.39 is 0 Å². The molecule has 0 aliphatic rings. The van der Waals surface area contributed by atoms with E-state index in [4.69, 9.17) is 0 Å². The summed E-state index contributed by atoms with van der Waals surface area (Å²) in [6, 6.07) is 18.8. The fourth-order valence-corrected chi connectivity index (χ4v) is 2.92. The highest BCUT2D eigenvalue weighted by molar-refractivity contribution is 5.83. The molecule has 0 bridgehead atoms. The van der Waals surface area contributed by atoms with Gasteiger partial charge in [0.05, 0.1) is 0 Å². The number of aromatic nitrogens is 1. The lowest BCUT2D eigenvalue weighted by molar-refractivity contribution is -0.682. The van der Waals surface area contributed by atoms with Crippen LogP contribution in [0, 0.1) is 0 Å². The van der Waals surface area contributed by atoms with E-state index in [1.807, 2.05) is 36.5 Å². The Labute approximate surface area is 142 Å². The molecule has 4 heteroatoms. The number of aromatic amines is 1. The van der Waals surface area contributed by atoms with Crippen LogP contribution in [0.1, 0.15) is 24.1 Å². The number of rotatable bonds is 7. The molecule has 0 saturated heterocycles. The maximum absolute atomic E-state index is 12.0. The van der Waals surface area contributed by atoms with Crippen molar-refractivity contribution in [3.8, 4) is 0 Å². The molecule has 1 aromatic heterocycles. The molecule has 0 aliphatic heterocycles. The van der Waals surface area contributed by atoms with Crippen LogP contribution in [0.15, 0.2) is 60.8 Å². The third kappa shape index (κ3) is 4.03. The van der Waals surface area contributed by atoms with Crippen molar-refractivity contribution in [2.45, 2.75) is 19.4 Å². The molecular weight excluding hydrogens is 298 g/mol. The maximum Gasteiger partial charge on any atom is 0.275 e. The topological polar surface area (TPSA) is 61.5 Å². The van der Waals surface area contributed by atoms with Crippen molar-refractivity contribution in [1.82, 2.24) is 10.3 Å². The summed E-state index contributed by atoms with van der Waals surface area (Å²) < 4.78 is 0. The van der Waals surface area contributed by atoms with Crippen molar-refractivity contribution >= 4 is 16.8 Å². The first kappa shape index (κ1) is 16.3. The molecule has 24 heavy (non-hydrogen) atoms. The second-order valence-electron chi connectivity index (χ2n) is 6.10. The zero-order valence-corrected chi connectivity index (χ0v) is 14.0. The first-order chi connectivity index (χ1) is 11.7. The van der Waals surface area contributed by atoms with Gasteiger partial charge in [0.25, 0.3) is 5.91 Å². The summed E-state index contributed by atoms with van der Waals surface area (Å²) >= 11 is 0. The molecule has 0 aliphatic carbocycles. The first-order valence-corrected chi connectivity index (χ1v) is 8.44. The number of benzene rings is 2. The lowest BCUT2D eigenvalue weighted by Gasteiger charge is -2.11. The summed E-state index contributed by atoms with van der Waals surface area (Å²) in [5, 5.41) is 6.31. The highest BCUT2D eigenvalue weighted by Gasteiger charge is 2.11. The van der Waals surface area contributed by atoms with Gasteiger partial charge in [-0.05, 0) is 25.0 Å². The quantitative estimate of drug-likeness (QED) is 0.613. The number of quaternary nitrogens is 1. The van der Waals surface area contributed by atoms with Gasteiger partial charge >= 0.3 is 0 Å². The Bertz CT molecular complexity index is 795. The van der Waals surface area contributed by atoms with Crippen LogP contribution in [0.25, 0.3) is 10.9 Å². The molecule has 1 amide bonds. The number of hydrogen-bond donors (Lipinski definition) is 3. The molecule has 3 aromatic rings. The molecule has 0 fully saturated rings. The first-order valence-electron chi connectivity index (χ1n) is 8.44. The van der Waals surface area contributed by atoms with Crippen molar-refractivity contribution in [1.29, 1.82) is 0 Å². The summed E-state index contributed by atoms with van der Waals surface area (Å²) in [7, 11) is 0. The smallest absolute Gasteiger partial charge is 0.275 e. The van der Waals surface area contributed by atoms with E-state index in [1.54, 1.807) is 0 Å². The number of fused-ring (bicyclic) bond motifs is 1. The molecule has 4 nitrogen and oxygen atoms in total. The van der Waals surface area contributed by atoms with Crippen LogP contribution < -0.4 is 10.6 Å². The van der Waals surface area contributed by atoms with E-state index in [0.29, 0.717) is 13.1 Å². The van der Waals surface area contributed by atoms with Crippen molar-refractivity contribution < 1.29 is 10.1 Å². The van der Waals surface area contributed by atoms with Gasteiger partial charge in [0.15, 0.2) is 6.54 Å². The van der Waals surface area contributed by atoms with Gasteiger partial charge in [0.2, 0.25) is 0 Å². The monoisotopic (exact) mass is 322 g/mol. The van der Waals surface area contributed by atoms with E-state index >= 15 is 0 Å². The normalized spacial score (nSPS) is 12.2. The number of carbonyl (C=O) groups excluding carboxylic acids is 1. The Morgan fingerprint density at radius 2 is 1.88 bits per heavy atom. The minimum atomic E-state index is 0.0811. The molecule has 0 saturated carbocycles. The molecule has 0 radical (unpaired) electrons. The summed E-state index contributed by atoms with van der Waals surface area (Å²) in [6.07, 6.45) is 2.87. The van der Waals surface area contributed by atoms with Crippen molar-refractivity contribution in [2.24, 2.45) is 0 Å². The fourth-order valence-electron chi connectivity index (χ4n) is 2.92. The molecular formula is C20H24N3O+. The maximum atomic E-state index is 12.0. The van der Waals surface area contributed by atoms with Gasteiger partial charge in [0, 0.05) is 29.2 Å². The summed E-state index contributed by atoms with van der Waals surface area (Å²) in [5.41, 5.74) is 3.63. The number of H-pyrrole nitrogens is 1. The van der Waals surface area contributed by atoms with Crippen LogP contribution in [0.4, 0.5) is 0 Å². The van der Waals surface area contributed by atoms with Gasteiger partial charge in [-0.1, -0.05) is 48.5 Å². The Morgan fingerprint density at radius 1 is 1.12 bits per heavy atom. The highest BCUT2D eigenvalue weighted by Crippen LogP contribution is 2.17. The molecule has 1 heterocycles. The van der Waals surface area contributed by atoms with Crippen LogP contribution in [0.3, 0.4) is 0 Å². The van der Waals surface area contributed by atoms with Gasteiger partial charge in [-0.15, -0.1) is 0 Å². The predicted molar refractivity (Wildman–Crippen MR) is 96.7 cm³/mol. The molecule has 2 aromatic carbocycles. The number of nitrogens with one attached hydrogen (secondary N) is 2. The Kier molecular flexibility index (Phi) is 5.29. The van der Waals surface area contributed by atoms with Gasteiger partial charge in [0.1, 0.15) is 6.04 Å². The standard InChI is InChI=1S/C20H23N3O/c1-15(16-7-3-2-4-8-16)22-14-20(24)21-12-11-17-13-23-19-10-6-5-9-18(17)19/h2-10,13,15,22-23H,11-12,14H2,1H3,(H,21,24)/p+1/t15-/m1/s1. The lowest BCUT2D eigenvalue weighted by atomic mass is 10.1. The average molecular weight is 322 g/mol. The average Bonchev–Trinajstić information content (AvgIpc) is 3.04. The second-order valence-corrected chi connectivity index (χ2v) is 6.10. The van der Waals surface area contributed by atoms with Crippen molar-refractivity contribution in [2.75, 3.05) is 13.1 Å². The third-order valence-electron chi connectivity index (χ3n) is 4.37. The van der Waals surface area contributed by atoms with E-state index in [9.17, 15) is 4.79 Å². The minimum Gasteiger partial charge on any atom is -0.361 e. The van der Waals surface area contributed by atoms with Gasteiger partial charge in [-0.3, -0.25) is 4.79 Å². The summed E-state index contributed by atoms with van der Waals surface area (Å²) in [5.74, 6) is 0.0811. The Hall–Kier alpha value is -2.59. The van der Waals surface area contributed by atoms with Gasteiger partial charge < -0.3 is 15.6 Å². The van der Waals surface area contributed by atoms with Crippen LogP contribution in [0.5, 0.6) is 0 Å². The number of para-hydroxylation sites is 1. The highest BCUT2D eigenvalue weighted by atomic mass is 16.1. The SMILES string of the molecule is C[C@@H]([NH2+]CC(=O)NCCc1c[nH]c2ccccc12)c1ccccc1. The Balaban J connectivity index is 1.43. The zero-order valence-electron chi connectivity index (χ0n) is 14.0. The number of nitrogens with two attached hydrogens (primary N) is 1. The van der Waals surface area contributed by atoms with Crippen LogP contribution >= 0.6 is 0 Å². The fraction of sp³-hybridized carbons (Fsp3) is 0.250. The molecule has 1 atom stereocenters. The van der Waals surface area contributed by atoms with Gasteiger partial charge in [-0.25, -0.2) is 0 Å². The Morgan fingerprint density at radius 3 is 2.71 bits per heavy atom. The molecule has 4 N–H and O–H groups in total. The number of hydrogen-bond acceptors (Lipinski definition) is 1. The predicted octanol–water partition coefficient (Wildman–Crippen LogP) is 2.15. The van der Waals surface area contributed by atoms with Crippen LogP contribution in [-0.2, 0) is 11.2 Å². The molecule has 124 valence electrons. The van der Waals surface area contributed by atoms with Crippen LogP contribution in [-0.4, -0.2) is 24.0 Å². The lowest BCUT2D eigenvalue weighted by Crippen LogP contribution is -2.87.